The lowest BCUT2D eigenvalue weighted by molar-refractivity contribution is 0.0652. The zero-order valence-electron chi connectivity index (χ0n) is 11.2. The Kier molecular flexibility index (Phi) is 3.91. The smallest absolute Gasteiger partial charge is 0.0100 e. The van der Waals surface area contributed by atoms with Crippen LogP contribution in [0.5, 0.6) is 0 Å². The highest BCUT2D eigenvalue weighted by Gasteiger charge is 2.32. The lowest BCUT2D eigenvalue weighted by Crippen LogP contribution is -2.51. The fourth-order valence-corrected chi connectivity index (χ4v) is 3.73. The van der Waals surface area contributed by atoms with Crippen molar-refractivity contribution in [2.75, 3.05) is 13.1 Å². The molecule has 0 radical (unpaired) electrons. The van der Waals surface area contributed by atoms with Gasteiger partial charge in [0, 0.05) is 18.6 Å². The maximum absolute atomic E-state index is 6.10. The molecule has 1 heterocycles. The molecule has 2 fully saturated rings. The summed E-state index contributed by atoms with van der Waals surface area (Å²) in [5.41, 5.74) is 6.10. The van der Waals surface area contributed by atoms with Crippen molar-refractivity contribution in [2.45, 2.75) is 58.5 Å². The molecular weight excluding hydrogens is 196 g/mol. The van der Waals surface area contributed by atoms with Crippen molar-refractivity contribution in [2.24, 2.45) is 23.5 Å². The Morgan fingerprint density at radius 2 is 1.62 bits per heavy atom. The van der Waals surface area contributed by atoms with E-state index in [0.717, 1.165) is 17.9 Å². The summed E-state index contributed by atoms with van der Waals surface area (Å²) in [6, 6.07) is 1.28. The zero-order chi connectivity index (χ0) is 11.7. The average molecular weight is 224 g/mol. The third-order valence-corrected chi connectivity index (χ3v) is 4.67. The number of rotatable bonds is 1. The molecule has 0 amide bonds. The standard InChI is InChI=1S/C14H28N2/c1-10-6-11(2)8-13(7-10)16-5-4-14(15)12(3)9-16/h10-14H,4-9,15H2,1-3H3. The van der Waals surface area contributed by atoms with Crippen molar-refractivity contribution < 1.29 is 0 Å². The van der Waals surface area contributed by atoms with E-state index in [9.17, 15) is 0 Å². The van der Waals surface area contributed by atoms with Crippen LogP contribution in [0.15, 0.2) is 0 Å². The molecule has 2 aliphatic rings. The fourth-order valence-electron chi connectivity index (χ4n) is 3.73. The van der Waals surface area contributed by atoms with E-state index < -0.39 is 0 Å². The van der Waals surface area contributed by atoms with Gasteiger partial charge in [0.1, 0.15) is 0 Å². The van der Waals surface area contributed by atoms with E-state index in [1.165, 1.54) is 38.8 Å². The lowest BCUT2D eigenvalue weighted by atomic mass is 9.79. The Bertz CT molecular complexity index is 219. The number of nitrogens with zero attached hydrogens (tertiary/aromatic N) is 1. The van der Waals surface area contributed by atoms with Gasteiger partial charge in [-0.1, -0.05) is 20.8 Å². The molecule has 16 heavy (non-hydrogen) atoms. The minimum absolute atomic E-state index is 0.440. The molecule has 94 valence electrons. The molecule has 4 atom stereocenters. The van der Waals surface area contributed by atoms with Gasteiger partial charge in [0.05, 0.1) is 0 Å². The van der Waals surface area contributed by atoms with Gasteiger partial charge in [0.2, 0.25) is 0 Å². The topological polar surface area (TPSA) is 29.3 Å². The molecule has 2 nitrogen and oxygen atoms in total. The number of piperidine rings is 1. The first-order chi connectivity index (χ1) is 7.56. The van der Waals surface area contributed by atoms with Crippen LogP contribution < -0.4 is 5.73 Å². The molecule has 0 bridgehead atoms. The highest BCUT2D eigenvalue weighted by atomic mass is 15.2. The van der Waals surface area contributed by atoms with Crippen LogP contribution in [0.25, 0.3) is 0 Å². The Morgan fingerprint density at radius 3 is 2.19 bits per heavy atom. The molecule has 0 spiro atoms. The molecule has 1 saturated carbocycles. The summed E-state index contributed by atoms with van der Waals surface area (Å²) < 4.78 is 0. The van der Waals surface area contributed by atoms with Crippen LogP contribution >= 0.6 is 0 Å². The predicted octanol–water partition coefficient (Wildman–Crippen LogP) is 2.48. The second-order valence-corrected chi connectivity index (χ2v) is 6.50. The number of likely N-dealkylation sites (tertiary alicyclic amines) is 1. The van der Waals surface area contributed by atoms with Gasteiger partial charge in [-0.05, 0) is 50.0 Å². The van der Waals surface area contributed by atoms with Crippen LogP contribution in [0.1, 0.15) is 46.5 Å². The lowest BCUT2D eigenvalue weighted by Gasteiger charge is -2.44. The maximum atomic E-state index is 6.10. The number of hydrogen-bond acceptors (Lipinski definition) is 2. The summed E-state index contributed by atoms with van der Waals surface area (Å²) >= 11 is 0. The highest BCUT2D eigenvalue weighted by molar-refractivity contribution is 4.87. The van der Waals surface area contributed by atoms with Gasteiger partial charge in [-0.2, -0.15) is 0 Å². The summed E-state index contributed by atoms with van der Waals surface area (Å²) in [7, 11) is 0. The summed E-state index contributed by atoms with van der Waals surface area (Å²) in [5.74, 6) is 2.51. The van der Waals surface area contributed by atoms with E-state index in [2.05, 4.69) is 25.7 Å². The molecule has 1 saturated heterocycles. The van der Waals surface area contributed by atoms with Gasteiger partial charge in [-0.25, -0.2) is 0 Å². The first-order valence-electron chi connectivity index (χ1n) is 7.06. The van der Waals surface area contributed by atoms with E-state index in [0.29, 0.717) is 12.0 Å². The number of nitrogens with two attached hydrogens (primary N) is 1. The number of hydrogen-bond donors (Lipinski definition) is 1. The quantitative estimate of drug-likeness (QED) is 0.741. The van der Waals surface area contributed by atoms with Crippen LogP contribution in [-0.2, 0) is 0 Å². The molecule has 4 unspecified atom stereocenters. The van der Waals surface area contributed by atoms with Gasteiger partial charge < -0.3 is 5.73 Å². The summed E-state index contributed by atoms with van der Waals surface area (Å²) in [6.07, 6.45) is 5.44. The van der Waals surface area contributed by atoms with Gasteiger partial charge in [0.25, 0.3) is 0 Å². The SMILES string of the molecule is CC1CC(C)CC(N2CCC(N)C(C)C2)C1. The molecule has 2 heteroatoms. The Morgan fingerprint density at radius 1 is 1.00 bits per heavy atom. The van der Waals surface area contributed by atoms with Crippen molar-refractivity contribution in [1.29, 1.82) is 0 Å². The van der Waals surface area contributed by atoms with Crippen LogP contribution in [0.4, 0.5) is 0 Å². The first-order valence-corrected chi connectivity index (χ1v) is 7.06. The first kappa shape index (κ1) is 12.4. The van der Waals surface area contributed by atoms with E-state index in [-0.39, 0.29) is 0 Å². The van der Waals surface area contributed by atoms with E-state index in [4.69, 9.17) is 5.73 Å². The molecule has 0 aromatic carbocycles. The summed E-state index contributed by atoms with van der Waals surface area (Å²) in [5, 5.41) is 0. The van der Waals surface area contributed by atoms with Crippen LogP contribution in [0.3, 0.4) is 0 Å². The van der Waals surface area contributed by atoms with Gasteiger partial charge in [-0.15, -0.1) is 0 Å². The maximum Gasteiger partial charge on any atom is 0.0100 e. The van der Waals surface area contributed by atoms with Crippen molar-refractivity contribution in [3.8, 4) is 0 Å². The second kappa shape index (κ2) is 5.05. The summed E-state index contributed by atoms with van der Waals surface area (Å²) in [6.45, 7) is 9.61. The monoisotopic (exact) mass is 224 g/mol. The van der Waals surface area contributed by atoms with Crippen LogP contribution in [0.2, 0.25) is 0 Å². The Labute approximate surface area is 101 Å². The minimum Gasteiger partial charge on any atom is -0.327 e. The average Bonchev–Trinajstić information content (AvgIpc) is 2.20. The van der Waals surface area contributed by atoms with Gasteiger partial charge in [-0.3, -0.25) is 4.90 Å². The molecule has 2 N–H and O–H groups in total. The molecule has 1 aliphatic heterocycles. The second-order valence-electron chi connectivity index (χ2n) is 6.50. The van der Waals surface area contributed by atoms with E-state index >= 15 is 0 Å². The molecular formula is C14H28N2. The Hall–Kier alpha value is -0.0800. The van der Waals surface area contributed by atoms with Crippen LogP contribution in [0, 0.1) is 17.8 Å². The normalized spacial score (nSPS) is 46.9. The van der Waals surface area contributed by atoms with Crippen molar-refractivity contribution in [3.05, 3.63) is 0 Å². The minimum atomic E-state index is 0.440. The largest absolute Gasteiger partial charge is 0.327 e. The van der Waals surface area contributed by atoms with Gasteiger partial charge >= 0.3 is 0 Å². The van der Waals surface area contributed by atoms with E-state index in [1.807, 2.05) is 0 Å². The molecule has 1 aliphatic carbocycles. The molecule has 2 rings (SSSR count). The molecule has 0 aromatic rings. The highest BCUT2D eigenvalue weighted by Crippen LogP contribution is 2.33. The summed E-state index contributed by atoms with van der Waals surface area (Å²) in [4.78, 5) is 2.72. The van der Waals surface area contributed by atoms with Crippen molar-refractivity contribution >= 4 is 0 Å². The van der Waals surface area contributed by atoms with Gasteiger partial charge in [0.15, 0.2) is 0 Å². The third kappa shape index (κ3) is 2.78. The third-order valence-electron chi connectivity index (χ3n) is 4.67. The predicted molar refractivity (Wildman–Crippen MR) is 69.3 cm³/mol. The van der Waals surface area contributed by atoms with Crippen molar-refractivity contribution in [1.82, 2.24) is 4.90 Å². The van der Waals surface area contributed by atoms with E-state index in [1.54, 1.807) is 0 Å². The van der Waals surface area contributed by atoms with Crippen LogP contribution in [-0.4, -0.2) is 30.1 Å². The zero-order valence-corrected chi connectivity index (χ0v) is 11.2. The fraction of sp³-hybridized carbons (Fsp3) is 1.00. The Balaban J connectivity index is 1.92. The van der Waals surface area contributed by atoms with Crippen molar-refractivity contribution in [3.63, 3.8) is 0 Å². The molecule has 0 aromatic heterocycles.